The summed E-state index contributed by atoms with van der Waals surface area (Å²) in [6.45, 7) is 0.821. The smallest absolute Gasteiger partial charge is 0.158 e. The minimum Gasteiger partial charge on any atom is -0.375 e. The van der Waals surface area contributed by atoms with Crippen LogP contribution in [0.4, 0.5) is 5.82 Å². The normalized spacial score (nSPS) is 25.1. The monoisotopic (exact) mass is 258 g/mol. The van der Waals surface area contributed by atoms with E-state index in [0.29, 0.717) is 11.7 Å². The Morgan fingerprint density at radius 3 is 2.84 bits per heavy atom. The lowest BCUT2D eigenvalue weighted by Crippen LogP contribution is -2.42. The zero-order valence-electron chi connectivity index (χ0n) is 10.9. The van der Waals surface area contributed by atoms with Crippen LogP contribution >= 0.6 is 0 Å². The van der Waals surface area contributed by atoms with Crippen LogP contribution in [0.1, 0.15) is 44.2 Å². The summed E-state index contributed by atoms with van der Waals surface area (Å²) >= 11 is 0. The van der Waals surface area contributed by atoms with E-state index in [-0.39, 0.29) is 5.60 Å². The van der Waals surface area contributed by atoms with Crippen LogP contribution in [0.3, 0.4) is 0 Å². The Morgan fingerprint density at radius 2 is 2.16 bits per heavy atom. The molecule has 0 radical (unpaired) electrons. The maximum atomic E-state index is 8.70. The molecule has 19 heavy (non-hydrogen) atoms. The van der Waals surface area contributed by atoms with Gasteiger partial charge < -0.3 is 10.1 Å². The first-order chi connectivity index (χ1) is 9.30. The lowest BCUT2D eigenvalue weighted by molar-refractivity contribution is -0.0767. The maximum Gasteiger partial charge on any atom is 0.158 e. The van der Waals surface area contributed by atoms with Crippen LogP contribution in [0.15, 0.2) is 12.4 Å². The molecule has 2 aliphatic rings. The SMILES string of the molecule is N#Cc1cnc(N[C@@H]2CCOC3(CCCC3)C2)cn1. The number of hydrogen-bond acceptors (Lipinski definition) is 5. The molecule has 0 unspecified atom stereocenters. The molecular weight excluding hydrogens is 240 g/mol. The molecule has 1 spiro atoms. The van der Waals surface area contributed by atoms with Gasteiger partial charge in [0.25, 0.3) is 0 Å². The highest BCUT2D eigenvalue weighted by Gasteiger charge is 2.39. The standard InChI is InChI=1S/C14H18N4O/c15-8-12-9-17-13(10-16-12)18-11-3-6-19-14(7-11)4-1-2-5-14/h9-11H,1-7H2,(H,17,18)/t11-/m1/s1. The molecule has 100 valence electrons. The summed E-state index contributed by atoms with van der Waals surface area (Å²) in [6.07, 6.45) is 10.1. The van der Waals surface area contributed by atoms with E-state index in [1.807, 2.05) is 6.07 Å². The Labute approximate surface area is 113 Å². The highest BCUT2D eigenvalue weighted by molar-refractivity contribution is 5.34. The molecule has 5 heteroatoms. The van der Waals surface area contributed by atoms with Gasteiger partial charge in [-0.25, -0.2) is 9.97 Å². The number of anilines is 1. The van der Waals surface area contributed by atoms with E-state index in [2.05, 4.69) is 15.3 Å². The number of ether oxygens (including phenoxy) is 1. The van der Waals surface area contributed by atoms with E-state index in [0.717, 1.165) is 25.3 Å². The fourth-order valence-electron chi connectivity index (χ4n) is 3.19. The summed E-state index contributed by atoms with van der Waals surface area (Å²) in [5, 5.41) is 12.1. The second-order valence-electron chi connectivity index (χ2n) is 5.47. The molecule has 1 saturated carbocycles. The molecule has 0 bridgehead atoms. The number of aromatic nitrogens is 2. The second kappa shape index (κ2) is 5.14. The molecular formula is C14H18N4O. The van der Waals surface area contributed by atoms with Gasteiger partial charge in [-0.1, -0.05) is 12.8 Å². The van der Waals surface area contributed by atoms with Crippen molar-refractivity contribution in [3.63, 3.8) is 0 Å². The van der Waals surface area contributed by atoms with Gasteiger partial charge in [0.05, 0.1) is 18.0 Å². The summed E-state index contributed by atoms with van der Waals surface area (Å²) in [7, 11) is 0. The zero-order valence-corrected chi connectivity index (χ0v) is 10.9. The third-order valence-corrected chi connectivity index (χ3v) is 4.13. The van der Waals surface area contributed by atoms with E-state index in [1.54, 1.807) is 6.20 Å². The largest absolute Gasteiger partial charge is 0.375 e. The third-order valence-electron chi connectivity index (χ3n) is 4.13. The first kappa shape index (κ1) is 12.4. The van der Waals surface area contributed by atoms with Crippen LogP contribution < -0.4 is 5.32 Å². The minimum absolute atomic E-state index is 0.107. The van der Waals surface area contributed by atoms with Crippen molar-refractivity contribution >= 4 is 5.82 Å². The Kier molecular flexibility index (Phi) is 3.34. The van der Waals surface area contributed by atoms with Gasteiger partial charge in [0.1, 0.15) is 11.9 Å². The van der Waals surface area contributed by atoms with Gasteiger partial charge in [0.2, 0.25) is 0 Å². The average molecular weight is 258 g/mol. The van der Waals surface area contributed by atoms with E-state index in [1.165, 1.54) is 31.9 Å². The molecule has 5 nitrogen and oxygen atoms in total. The fourth-order valence-corrected chi connectivity index (χ4v) is 3.19. The summed E-state index contributed by atoms with van der Waals surface area (Å²) in [5.41, 5.74) is 0.459. The van der Waals surface area contributed by atoms with Gasteiger partial charge in [-0.15, -0.1) is 0 Å². The van der Waals surface area contributed by atoms with Crippen LogP contribution in [0.25, 0.3) is 0 Å². The first-order valence-electron chi connectivity index (χ1n) is 6.92. The molecule has 1 atom stereocenters. The highest BCUT2D eigenvalue weighted by Crippen LogP contribution is 2.40. The van der Waals surface area contributed by atoms with Crippen molar-refractivity contribution in [2.24, 2.45) is 0 Å². The van der Waals surface area contributed by atoms with E-state index >= 15 is 0 Å². The van der Waals surface area contributed by atoms with E-state index in [9.17, 15) is 0 Å². The van der Waals surface area contributed by atoms with Gasteiger partial charge in [0, 0.05) is 12.6 Å². The number of hydrogen-bond donors (Lipinski definition) is 1. The van der Waals surface area contributed by atoms with E-state index in [4.69, 9.17) is 10.00 Å². The molecule has 1 N–H and O–H groups in total. The van der Waals surface area contributed by atoms with Crippen molar-refractivity contribution in [3.05, 3.63) is 18.1 Å². The highest BCUT2D eigenvalue weighted by atomic mass is 16.5. The summed E-state index contributed by atoms with van der Waals surface area (Å²) in [6, 6.07) is 2.37. The summed E-state index contributed by atoms with van der Waals surface area (Å²) in [5.74, 6) is 0.749. The van der Waals surface area contributed by atoms with Crippen molar-refractivity contribution in [3.8, 4) is 6.07 Å². The molecule has 2 fully saturated rings. The molecule has 1 aliphatic heterocycles. The van der Waals surface area contributed by atoms with Crippen molar-refractivity contribution in [2.45, 2.75) is 50.2 Å². The second-order valence-corrected chi connectivity index (χ2v) is 5.47. The topological polar surface area (TPSA) is 70.8 Å². The number of nitrogens with one attached hydrogen (secondary N) is 1. The maximum absolute atomic E-state index is 8.70. The molecule has 3 rings (SSSR count). The van der Waals surface area contributed by atoms with Crippen molar-refractivity contribution in [1.29, 1.82) is 5.26 Å². The Bertz CT molecular complexity index is 473. The minimum atomic E-state index is 0.107. The Hall–Kier alpha value is -1.67. The van der Waals surface area contributed by atoms with Crippen LogP contribution in [0.2, 0.25) is 0 Å². The average Bonchev–Trinajstić information content (AvgIpc) is 2.88. The number of rotatable bonds is 2. The summed E-state index contributed by atoms with van der Waals surface area (Å²) in [4.78, 5) is 8.26. The van der Waals surface area contributed by atoms with E-state index < -0.39 is 0 Å². The van der Waals surface area contributed by atoms with Gasteiger partial charge >= 0.3 is 0 Å². The molecule has 0 aromatic carbocycles. The van der Waals surface area contributed by atoms with Crippen molar-refractivity contribution in [2.75, 3.05) is 11.9 Å². The van der Waals surface area contributed by atoms with Gasteiger partial charge in [-0.2, -0.15) is 5.26 Å². The molecule has 1 aromatic heterocycles. The summed E-state index contributed by atoms with van der Waals surface area (Å²) < 4.78 is 6.01. The van der Waals surface area contributed by atoms with Crippen LogP contribution in [-0.4, -0.2) is 28.2 Å². The van der Waals surface area contributed by atoms with Gasteiger partial charge in [-0.3, -0.25) is 0 Å². The molecule has 1 aromatic rings. The first-order valence-corrected chi connectivity index (χ1v) is 6.92. The van der Waals surface area contributed by atoms with Crippen LogP contribution in [-0.2, 0) is 4.74 Å². The van der Waals surface area contributed by atoms with Crippen LogP contribution in [0, 0.1) is 11.3 Å². The predicted octanol–water partition coefficient (Wildman–Crippen LogP) is 2.25. The van der Waals surface area contributed by atoms with Crippen molar-refractivity contribution in [1.82, 2.24) is 9.97 Å². The number of nitriles is 1. The molecule has 1 aliphatic carbocycles. The van der Waals surface area contributed by atoms with Gasteiger partial charge in [0.15, 0.2) is 5.69 Å². The third kappa shape index (κ3) is 2.69. The fraction of sp³-hybridized carbons (Fsp3) is 0.643. The number of nitrogens with zero attached hydrogens (tertiary/aromatic N) is 3. The lowest BCUT2D eigenvalue weighted by atomic mass is 9.89. The Balaban J connectivity index is 1.64. The Morgan fingerprint density at radius 1 is 1.32 bits per heavy atom. The molecule has 1 saturated heterocycles. The molecule has 2 heterocycles. The predicted molar refractivity (Wildman–Crippen MR) is 70.5 cm³/mol. The van der Waals surface area contributed by atoms with Gasteiger partial charge in [-0.05, 0) is 25.7 Å². The lowest BCUT2D eigenvalue weighted by Gasteiger charge is -2.38. The van der Waals surface area contributed by atoms with Crippen molar-refractivity contribution < 1.29 is 4.74 Å². The van der Waals surface area contributed by atoms with Crippen LogP contribution in [0.5, 0.6) is 0 Å². The quantitative estimate of drug-likeness (QED) is 0.881. The zero-order chi connectivity index (χ0) is 13.1. The molecule has 0 amide bonds.